The number of halogens is 3. The molecule has 0 bridgehead atoms. The lowest BCUT2D eigenvalue weighted by atomic mass is 9.85. The molecular weight excluding hydrogens is 473 g/mol. The van der Waals surface area contributed by atoms with Crippen LogP contribution in [-0.2, 0) is 6.54 Å². The maximum atomic E-state index is 12.9. The van der Waals surface area contributed by atoms with Gasteiger partial charge in [0.2, 0.25) is 0 Å². The van der Waals surface area contributed by atoms with Crippen LogP contribution in [0.2, 0.25) is 15.1 Å². The van der Waals surface area contributed by atoms with Crippen molar-refractivity contribution >= 4 is 51.7 Å². The SMILES string of the molecule is O=C(c1ccc(Cl)cc1)c1c(Cl)cc(Cn2nnc3c(=O)[nH]c(C4CCC4)nc32)cc1Cl. The van der Waals surface area contributed by atoms with Crippen LogP contribution >= 0.6 is 34.8 Å². The van der Waals surface area contributed by atoms with E-state index in [4.69, 9.17) is 34.8 Å². The summed E-state index contributed by atoms with van der Waals surface area (Å²) in [5, 5.41) is 9.03. The molecule has 2 aromatic heterocycles. The number of ketones is 1. The molecule has 1 saturated carbocycles. The molecule has 2 heterocycles. The monoisotopic (exact) mass is 487 g/mol. The van der Waals surface area contributed by atoms with Gasteiger partial charge in [0.15, 0.2) is 16.9 Å². The lowest BCUT2D eigenvalue weighted by Gasteiger charge is -2.23. The van der Waals surface area contributed by atoms with Gasteiger partial charge >= 0.3 is 0 Å². The van der Waals surface area contributed by atoms with Crippen molar-refractivity contribution in [2.45, 2.75) is 31.7 Å². The quantitative estimate of drug-likeness (QED) is 0.398. The zero-order valence-corrected chi connectivity index (χ0v) is 18.9. The number of carbonyl (C=O) groups excluding carboxylic acids is 1. The molecule has 1 fully saturated rings. The maximum absolute atomic E-state index is 12.9. The molecule has 32 heavy (non-hydrogen) atoms. The summed E-state index contributed by atoms with van der Waals surface area (Å²) in [5.41, 5.74) is 1.63. The van der Waals surface area contributed by atoms with Gasteiger partial charge in [-0.2, -0.15) is 0 Å². The predicted molar refractivity (Wildman–Crippen MR) is 123 cm³/mol. The molecule has 0 aliphatic heterocycles. The molecule has 5 rings (SSSR count). The number of aromatic nitrogens is 5. The second-order valence-corrected chi connectivity index (χ2v) is 9.02. The summed E-state index contributed by atoms with van der Waals surface area (Å²) in [5.74, 6) is 0.627. The van der Waals surface area contributed by atoms with Crippen LogP contribution < -0.4 is 5.56 Å². The molecule has 7 nitrogen and oxygen atoms in total. The highest BCUT2D eigenvalue weighted by molar-refractivity contribution is 6.41. The Labute approximate surface area is 197 Å². The van der Waals surface area contributed by atoms with Gasteiger partial charge in [0, 0.05) is 16.5 Å². The van der Waals surface area contributed by atoms with Crippen molar-refractivity contribution in [3.63, 3.8) is 0 Å². The third-order valence-corrected chi connectivity index (χ3v) is 6.50. The Bertz CT molecular complexity index is 1380. The van der Waals surface area contributed by atoms with Crippen molar-refractivity contribution < 1.29 is 4.79 Å². The number of fused-ring (bicyclic) bond motifs is 1. The number of rotatable bonds is 5. The zero-order valence-electron chi connectivity index (χ0n) is 16.6. The number of hydrogen-bond acceptors (Lipinski definition) is 5. The van der Waals surface area contributed by atoms with Crippen molar-refractivity contribution in [2.24, 2.45) is 0 Å². The highest BCUT2D eigenvalue weighted by Gasteiger charge is 2.24. The predicted octanol–water partition coefficient (Wildman–Crippen LogP) is 5.02. The van der Waals surface area contributed by atoms with Crippen molar-refractivity contribution in [3.8, 4) is 0 Å². The first-order valence-corrected chi connectivity index (χ1v) is 11.2. The summed E-state index contributed by atoms with van der Waals surface area (Å²) >= 11 is 18.8. The van der Waals surface area contributed by atoms with Crippen LogP contribution in [0.15, 0.2) is 41.2 Å². The molecule has 1 N–H and O–H groups in total. The number of nitrogens with one attached hydrogen (secondary N) is 1. The Morgan fingerprint density at radius 2 is 1.78 bits per heavy atom. The van der Waals surface area contributed by atoms with E-state index in [0.29, 0.717) is 27.6 Å². The van der Waals surface area contributed by atoms with Crippen LogP contribution in [0, 0.1) is 0 Å². The molecule has 0 spiro atoms. The molecular formula is C22H16Cl3N5O2. The fraction of sp³-hybridized carbons (Fsp3) is 0.227. The van der Waals surface area contributed by atoms with Gasteiger partial charge in [-0.25, -0.2) is 9.67 Å². The number of nitrogens with zero attached hydrogens (tertiary/aromatic N) is 4. The van der Waals surface area contributed by atoms with Crippen molar-refractivity contribution in [1.29, 1.82) is 0 Å². The minimum atomic E-state index is -0.303. The van der Waals surface area contributed by atoms with E-state index < -0.39 is 0 Å². The van der Waals surface area contributed by atoms with E-state index in [2.05, 4.69) is 20.3 Å². The topological polar surface area (TPSA) is 93.5 Å². The first-order chi connectivity index (χ1) is 15.4. The van der Waals surface area contributed by atoms with E-state index in [1.54, 1.807) is 36.4 Å². The highest BCUT2D eigenvalue weighted by Crippen LogP contribution is 2.34. The summed E-state index contributed by atoms with van der Waals surface area (Å²) in [4.78, 5) is 32.7. The van der Waals surface area contributed by atoms with Gasteiger partial charge in [-0.3, -0.25) is 9.59 Å². The summed E-state index contributed by atoms with van der Waals surface area (Å²) in [6, 6.07) is 9.82. The Morgan fingerprint density at radius 3 is 2.41 bits per heavy atom. The van der Waals surface area contributed by atoms with E-state index in [-0.39, 0.29) is 44.9 Å². The van der Waals surface area contributed by atoms with E-state index >= 15 is 0 Å². The number of benzene rings is 2. The zero-order chi connectivity index (χ0) is 22.4. The van der Waals surface area contributed by atoms with Gasteiger partial charge in [-0.05, 0) is 54.8 Å². The normalized spacial score (nSPS) is 14.0. The van der Waals surface area contributed by atoms with Gasteiger partial charge in [0.05, 0.1) is 22.2 Å². The first kappa shape index (κ1) is 21.1. The van der Waals surface area contributed by atoms with E-state index in [1.807, 2.05) is 0 Å². The average molecular weight is 489 g/mol. The second-order valence-electron chi connectivity index (χ2n) is 7.77. The van der Waals surface area contributed by atoms with E-state index in [1.165, 1.54) is 4.68 Å². The van der Waals surface area contributed by atoms with E-state index in [9.17, 15) is 9.59 Å². The van der Waals surface area contributed by atoms with Crippen LogP contribution in [0.4, 0.5) is 0 Å². The molecule has 0 unspecified atom stereocenters. The summed E-state index contributed by atoms with van der Waals surface area (Å²) < 4.78 is 1.54. The van der Waals surface area contributed by atoms with Crippen LogP contribution in [0.25, 0.3) is 11.2 Å². The summed E-state index contributed by atoms with van der Waals surface area (Å²) in [6.07, 6.45) is 3.14. The number of hydrogen-bond donors (Lipinski definition) is 1. The molecule has 2 aromatic carbocycles. The fourth-order valence-corrected chi connectivity index (χ4v) is 4.55. The van der Waals surface area contributed by atoms with Crippen LogP contribution in [0.3, 0.4) is 0 Å². The Morgan fingerprint density at radius 1 is 1.09 bits per heavy atom. The van der Waals surface area contributed by atoms with Crippen molar-refractivity contribution in [3.05, 3.63) is 84.3 Å². The van der Waals surface area contributed by atoms with Crippen molar-refractivity contribution in [2.75, 3.05) is 0 Å². The molecule has 10 heteroatoms. The lowest BCUT2D eigenvalue weighted by molar-refractivity contribution is 0.103. The van der Waals surface area contributed by atoms with Gasteiger partial charge < -0.3 is 4.98 Å². The summed E-state index contributed by atoms with van der Waals surface area (Å²) in [6.45, 7) is 0.242. The minimum absolute atomic E-state index is 0.180. The van der Waals surface area contributed by atoms with Crippen LogP contribution in [-0.4, -0.2) is 30.7 Å². The minimum Gasteiger partial charge on any atom is -0.308 e. The smallest absolute Gasteiger partial charge is 0.281 e. The standard InChI is InChI=1S/C22H16Cl3N5O2/c23-14-6-4-12(5-7-14)19(31)17-15(24)8-11(9-16(17)25)10-30-21-18(28-29-30)22(32)27-20(26-21)13-2-1-3-13/h4-9,13H,1-3,10H2,(H,26,27,32). The number of aromatic amines is 1. The Balaban J connectivity index is 1.48. The largest absolute Gasteiger partial charge is 0.308 e. The van der Waals surface area contributed by atoms with Gasteiger partial charge in [0.1, 0.15) is 5.82 Å². The van der Waals surface area contributed by atoms with E-state index in [0.717, 1.165) is 19.3 Å². The third-order valence-electron chi connectivity index (χ3n) is 5.65. The fourth-order valence-electron chi connectivity index (χ4n) is 3.72. The van der Waals surface area contributed by atoms with Gasteiger partial charge in [-0.1, -0.05) is 46.4 Å². The van der Waals surface area contributed by atoms with Gasteiger partial charge in [-0.15, -0.1) is 5.10 Å². The third kappa shape index (κ3) is 3.81. The highest BCUT2D eigenvalue weighted by atomic mass is 35.5. The molecule has 162 valence electrons. The Hall–Kier alpha value is -2.74. The maximum Gasteiger partial charge on any atom is 0.281 e. The molecule has 0 saturated heterocycles. The Kier molecular flexibility index (Phi) is 5.49. The first-order valence-electron chi connectivity index (χ1n) is 10.0. The van der Waals surface area contributed by atoms with Gasteiger partial charge in [0.25, 0.3) is 5.56 Å². The second kappa shape index (κ2) is 8.31. The lowest BCUT2D eigenvalue weighted by Crippen LogP contribution is -2.19. The molecule has 0 atom stereocenters. The average Bonchev–Trinajstić information content (AvgIpc) is 3.10. The van der Waals surface area contributed by atoms with Crippen molar-refractivity contribution in [1.82, 2.24) is 25.0 Å². The van der Waals surface area contributed by atoms with Crippen LogP contribution in [0.1, 0.15) is 52.5 Å². The molecule has 0 amide bonds. The number of H-pyrrole nitrogens is 1. The molecule has 4 aromatic rings. The molecule has 1 aliphatic rings. The molecule has 1 aliphatic carbocycles. The summed E-state index contributed by atoms with van der Waals surface area (Å²) in [7, 11) is 0. The van der Waals surface area contributed by atoms with Crippen LogP contribution in [0.5, 0.6) is 0 Å². The molecule has 0 radical (unpaired) electrons. The number of carbonyl (C=O) groups is 1.